The van der Waals surface area contributed by atoms with E-state index < -0.39 is 8.32 Å². The van der Waals surface area contributed by atoms with Gasteiger partial charge in [-0.15, -0.1) is 0 Å². The van der Waals surface area contributed by atoms with Crippen LogP contribution in [0.2, 0.25) is 18.1 Å². The fourth-order valence-electron chi connectivity index (χ4n) is 2.38. The van der Waals surface area contributed by atoms with Crippen molar-refractivity contribution in [3.05, 3.63) is 12.2 Å². The van der Waals surface area contributed by atoms with Gasteiger partial charge in [0.1, 0.15) is 0 Å². The Morgan fingerprint density at radius 2 is 2.27 bits per heavy atom. The smallest absolute Gasteiger partial charge is 0.330 e. The monoisotopic (exact) mass is 226 g/mol. The zero-order valence-electron chi connectivity index (χ0n) is 9.20. The highest BCUT2D eigenvalue weighted by molar-refractivity contribution is 6.74. The molecule has 0 amide bonds. The molecular weight excluding hydrogens is 208 g/mol. The summed E-state index contributed by atoms with van der Waals surface area (Å²) in [5.74, 6) is -0.203. The van der Waals surface area contributed by atoms with Gasteiger partial charge in [0.05, 0.1) is 6.61 Å². The van der Waals surface area contributed by atoms with Crippen LogP contribution in [0, 0.1) is 0 Å². The predicted molar refractivity (Wildman–Crippen MR) is 60.1 cm³/mol. The molecule has 0 bridgehead atoms. The maximum atomic E-state index is 11.1. The maximum absolute atomic E-state index is 11.1. The molecule has 2 unspecified atom stereocenters. The third-order valence-electron chi connectivity index (χ3n) is 3.42. The van der Waals surface area contributed by atoms with Crippen molar-refractivity contribution >= 4 is 14.3 Å². The number of cyclic esters (lactones) is 1. The van der Waals surface area contributed by atoms with Gasteiger partial charge in [-0.05, 0) is 31.0 Å². The van der Waals surface area contributed by atoms with Crippen molar-refractivity contribution in [1.29, 1.82) is 0 Å². The van der Waals surface area contributed by atoms with E-state index in [9.17, 15) is 4.79 Å². The quantitative estimate of drug-likeness (QED) is 0.508. The predicted octanol–water partition coefficient (Wildman–Crippen LogP) is 2.25. The normalized spacial score (nSPS) is 37.1. The van der Waals surface area contributed by atoms with Crippen LogP contribution in [0.1, 0.15) is 19.3 Å². The summed E-state index contributed by atoms with van der Waals surface area (Å²) in [4.78, 5) is 11.1. The first-order valence-electron chi connectivity index (χ1n) is 5.70. The highest BCUT2D eigenvalue weighted by Gasteiger charge is 2.39. The van der Waals surface area contributed by atoms with E-state index in [1.165, 1.54) is 18.9 Å². The van der Waals surface area contributed by atoms with E-state index in [-0.39, 0.29) is 5.97 Å². The van der Waals surface area contributed by atoms with E-state index in [2.05, 4.69) is 6.55 Å². The number of allylic oxidation sites excluding steroid dienone is 1. The molecule has 0 aromatic rings. The first kappa shape index (κ1) is 10.9. The van der Waals surface area contributed by atoms with Crippen LogP contribution in [0.15, 0.2) is 12.2 Å². The van der Waals surface area contributed by atoms with E-state index in [0.717, 1.165) is 13.0 Å². The molecule has 0 aliphatic carbocycles. The highest BCUT2D eigenvalue weighted by atomic mass is 28.4. The molecule has 0 radical (unpaired) electrons. The van der Waals surface area contributed by atoms with Crippen LogP contribution in [0.25, 0.3) is 0 Å². The van der Waals surface area contributed by atoms with Crippen LogP contribution in [0.4, 0.5) is 0 Å². The summed E-state index contributed by atoms with van der Waals surface area (Å²) in [7, 11) is -1.62. The minimum absolute atomic E-state index is 0.203. The number of hydrogen-bond acceptors (Lipinski definition) is 3. The standard InChI is InChI=1S/C11H18O3Si/c1-15(9-3-2-7-14-15)10-4-5-11(12)13-8-6-10/h4-5,10H,2-3,6-9H2,1H3. The van der Waals surface area contributed by atoms with Crippen LogP contribution in [0.5, 0.6) is 0 Å². The van der Waals surface area contributed by atoms with Crippen LogP contribution in [-0.2, 0) is 14.0 Å². The van der Waals surface area contributed by atoms with Crippen LogP contribution in [-0.4, -0.2) is 27.5 Å². The summed E-state index contributed by atoms with van der Waals surface area (Å²) in [6, 6.07) is 1.22. The van der Waals surface area contributed by atoms with Crippen molar-refractivity contribution in [2.24, 2.45) is 0 Å². The molecule has 1 fully saturated rings. The molecule has 3 nitrogen and oxygen atoms in total. The number of rotatable bonds is 1. The third-order valence-corrected chi connectivity index (χ3v) is 7.68. The van der Waals surface area contributed by atoms with Crippen LogP contribution >= 0.6 is 0 Å². The number of carbonyl (C=O) groups is 1. The molecule has 2 heterocycles. The van der Waals surface area contributed by atoms with Gasteiger partial charge in [-0.3, -0.25) is 0 Å². The lowest BCUT2D eigenvalue weighted by molar-refractivity contribution is -0.137. The van der Waals surface area contributed by atoms with Gasteiger partial charge in [-0.1, -0.05) is 12.5 Å². The molecule has 0 N–H and O–H groups in total. The average Bonchev–Trinajstić information content (AvgIpc) is 2.44. The molecule has 15 heavy (non-hydrogen) atoms. The van der Waals surface area contributed by atoms with E-state index >= 15 is 0 Å². The van der Waals surface area contributed by atoms with Gasteiger partial charge < -0.3 is 9.16 Å². The first-order valence-corrected chi connectivity index (χ1v) is 8.39. The number of carbonyl (C=O) groups excluding carboxylic acids is 1. The van der Waals surface area contributed by atoms with E-state index in [1.54, 1.807) is 6.08 Å². The minimum Gasteiger partial charge on any atom is -0.463 e. The summed E-state index contributed by atoms with van der Waals surface area (Å²) in [6.07, 6.45) is 7.00. The van der Waals surface area contributed by atoms with Crippen molar-refractivity contribution in [3.8, 4) is 0 Å². The molecule has 0 saturated carbocycles. The molecule has 1 saturated heterocycles. The minimum atomic E-state index is -1.62. The average molecular weight is 226 g/mol. The topological polar surface area (TPSA) is 35.5 Å². The Labute approximate surface area is 91.6 Å². The lowest BCUT2D eigenvalue weighted by Gasteiger charge is -2.36. The molecule has 2 aliphatic heterocycles. The lowest BCUT2D eigenvalue weighted by Crippen LogP contribution is -2.42. The Bertz CT molecular complexity index is 269. The van der Waals surface area contributed by atoms with Gasteiger partial charge in [0.2, 0.25) is 0 Å². The second-order valence-electron chi connectivity index (χ2n) is 4.54. The SMILES string of the molecule is C[Si]1(C2C=CC(=O)OCC2)CCCCO1. The Balaban J connectivity index is 2.07. The summed E-state index contributed by atoms with van der Waals surface area (Å²) in [5, 5.41) is 0. The lowest BCUT2D eigenvalue weighted by atomic mass is 10.3. The summed E-state index contributed by atoms with van der Waals surface area (Å²) < 4.78 is 11.0. The molecule has 4 heteroatoms. The van der Waals surface area contributed by atoms with E-state index in [0.29, 0.717) is 12.1 Å². The second-order valence-corrected chi connectivity index (χ2v) is 8.70. The molecule has 0 aromatic carbocycles. The number of hydrogen-bond donors (Lipinski definition) is 0. The van der Waals surface area contributed by atoms with Crippen molar-refractivity contribution in [2.75, 3.05) is 13.2 Å². The Morgan fingerprint density at radius 3 is 3.00 bits per heavy atom. The van der Waals surface area contributed by atoms with Crippen LogP contribution < -0.4 is 0 Å². The number of ether oxygens (including phenoxy) is 1. The second kappa shape index (κ2) is 4.49. The molecule has 0 aromatic heterocycles. The van der Waals surface area contributed by atoms with Gasteiger partial charge in [-0.2, -0.15) is 0 Å². The van der Waals surface area contributed by atoms with Gasteiger partial charge in [0.15, 0.2) is 8.32 Å². The molecule has 2 atom stereocenters. The zero-order valence-corrected chi connectivity index (χ0v) is 10.2. The van der Waals surface area contributed by atoms with Crippen molar-refractivity contribution in [1.82, 2.24) is 0 Å². The van der Waals surface area contributed by atoms with Gasteiger partial charge in [-0.25, -0.2) is 4.79 Å². The van der Waals surface area contributed by atoms with Gasteiger partial charge in [0, 0.05) is 12.7 Å². The molecule has 2 rings (SSSR count). The van der Waals surface area contributed by atoms with Crippen molar-refractivity contribution < 1.29 is 14.0 Å². The molecular formula is C11H18O3Si. The molecule has 84 valence electrons. The third kappa shape index (κ3) is 2.49. The Kier molecular flexibility index (Phi) is 3.26. The Hall–Kier alpha value is -0.613. The fourth-order valence-corrected chi connectivity index (χ4v) is 5.91. The van der Waals surface area contributed by atoms with E-state index in [1.807, 2.05) is 6.08 Å². The maximum Gasteiger partial charge on any atom is 0.330 e. The molecule has 0 spiro atoms. The highest BCUT2D eigenvalue weighted by Crippen LogP contribution is 2.36. The number of esters is 1. The first-order chi connectivity index (χ1) is 7.21. The van der Waals surface area contributed by atoms with Gasteiger partial charge in [0.25, 0.3) is 0 Å². The fraction of sp³-hybridized carbons (Fsp3) is 0.727. The summed E-state index contributed by atoms with van der Waals surface area (Å²) in [6.45, 7) is 3.74. The van der Waals surface area contributed by atoms with E-state index in [4.69, 9.17) is 9.16 Å². The summed E-state index contributed by atoms with van der Waals surface area (Å²) in [5.41, 5.74) is 0.448. The Morgan fingerprint density at radius 1 is 1.40 bits per heavy atom. The largest absolute Gasteiger partial charge is 0.463 e. The van der Waals surface area contributed by atoms with Gasteiger partial charge >= 0.3 is 5.97 Å². The van der Waals surface area contributed by atoms with Crippen molar-refractivity contribution in [2.45, 2.75) is 37.4 Å². The molecule has 2 aliphatic rings. The van der Waals surface area contributed by atoms with Crippen LogP contribution in [0.3, 0.4) is 0 Å². The van der Waals surface area contributed by atoms with Crippen molar-refractivity contribution in [3.63, 3.8) is 0 Å². The zero-order chi connectivity index (χ0) is 10.7. The summed E-state index contributed by atoms with van der Waals surface area (Å²) >= 11 is 0.